The van der Waals surface area contributed by atoms with Crippen LogP contribution in [-0.2, 0) is 68.6 Å². The van der Waals surface area contributed by atoms with Gasteiger partial charge in [0, 0.05) is 58.2 Å². The molecule has 14 rings (SSSR count). The van der Waals surface area contributed by atoms with Crippen LogP contribution in [0.5, 0.6) is 46.0 Å². The second-order valence-electron chi connectivity index (χ2n) is 31.1. The van der Waals surface area contributed by atoms with E-state index in [0.717, 1.165) is 54.1 Å². The lowest BCUT2D eigenvalue weighted by atomic mass is 9.84. The highest BCUT2D eigenvalue weighted by molar-refractivity contribution is 6.32. The number of aliphatic hydroxyl groups excluding tert-OH is 6. The molecule has 6 aromatic carbocycles. The molecule has 0 spiro atoms. The minimum atomic E-state index is -2.39. The van der Waals surface area contributed by atoms with Gasteiger partial charge in [0.15, 0.2) is 36.2 Å². The Morgan fingerprint density at radius 1 is 0.655 bits per heavy atom. The standard InChI is InChI=1S/C80H93Cl3N10O26/c1-31(2)18-45(86-7)71(104)92-61-63(99)36-11-16-49(43(82)20-36)114-51-22-38-23-52(67(51)119-78-68(65(101)64(100)53(30-94)116-78)118-56-28-80(6,70(103)33(4)113-56)87-29-34-8-13-39(81)14-9-34)115-50-17-12-37(21-44(50)83)66(117-55-27-79(5,85)69(102)32(3)112-55)62-76(109)91-60(77(110)111)42-24-40(95)25-48(97)57(42)41-19-35(10-15-47(41)96)58(73(106)93-62)90-74(107)59(38)89-72(105)46(26-54(84)98)88-75(61)108/h8-17,19-25,31-33,45-46,53,55-56,58-66,68-70,78,86-87,94-97,99-103H,18,26-30,85H2,1-7H3,(H2,84,98)(H,88,108)(H,89,105)(H,90,107)(H,91,109)(H,92,104)(H,93,106)(H,110,111)/t32-,33-,45+,46-,53+,55-,56+,58+,59+,60+,61+,62?,63+,64+,65-,66+,68+,69-,70-,78-,79-,80-/m0/s1. The number of carbonyl (C=O) groups excluding carboxylic acids is 7. The quantitative estimate of drug-likeness (QED) is 0.0588. The average molecular weight is 1720 g/mol. The summed E-state index contributed by atoms with van der Waals surface area (Å²) >= 11 is 20.8. The van der Waals surface area contributed by atoms with Gasteiger partial charge in [-0.2, -0.15) is 0 Å². The first kappa shape index (κ1) is 88.5. The number of aliphatic carboxylic acids is 1. The molecular weight excluding hydrogens is 1620 g/mol. The summed E-state index contributed by atoms with van der Waals surface area (Å²) in [6.45, 7) is 9.02. The van der Waals surface area contributed by atoms with Crippen molar-refractivity contribution in [1.82, 2.24) is 42.5 Å². The third kappa shape index (κ3) is 19.3. The van der Waals surface area contributed by atoms with Crippen molar-refractivity contribution in [2.75, 3.05) is 13.7 Å². The Bertz CT molecular complexity index is 4860. The van der Waals surface area contributed by atoms with Crippen molar-refractivity contribution < 1.29 is 127 Å². The van der Waals surface area contributed by atoms with Crippen LogP contribution >= 0.6 is 34.8 Å². The number of likely N-dealkylation sites (N-methyl/N-ethyl adjacent to an activating group) is 1. The van der Waals surface area contributed by atoms with E-state index in [1.54, 1.807) is 38.1 Å². The van der Waals surface area contributed by atoms with E-state index in [2.05, 4.69) is 42.5 Å². The summed E-state index contributed by atoms with van der Waals surface area (Å²) in [6, 6.07) is 6.47. The van der Waals surface area contributed by atoms with Crippen molar-refractivity contribution in [2.24, 2.45) is 17.4 Å². The third-order valence-electron chi connectivity index (χ3n) is 21.7. The Balaban J connectivity index is 1.10. The minimum absolute atomic E-state index is 0.116. The average Bonchev–Trinajstić information content (AvgIpc) is 0.763. The summed E-state index contributed by atoms with van der Waals surface area (Å²) in [6.07, 6.45) is -22.8. The molecule has 8 aliphatic rings. The molecule has 1 unspecified atom stereocenters. The number of fused-ring (bicyclic) bond motifs is 15. The van der Waals surface area contributed by atoms with Crippen LogP contribution in [-0.4, -0.2) is 215 Å². The molecule has 3 fully saturated rings. The van der Waals surface area contributed by atoms with Gasteiger partial charge in [-0.15, -0.1) is 0 Å². The molecule has 3 saturated heterocycles. The van der Waals surface area contributed by atoms with Gasteiger partial charge in [-0.3, -0.25) is 33.6 Å². The smallest absolute Gasteiger partial charge is 0.330 e. The van der Waals surface area contributed by atoms with E-state index in [0.29, 0.717) is 5.02 Å². The molecule has 36 nitrogen and oxygen atoms in total. The zero-order valence-corrected chi connectivity index (χ0v) is 67.2. The molecule has 39 heteroatoms. The lowest BCUT2D eigenvalue weighted by Crippen LogP contribution is -2.65. The van der Waals surface area contributed by atoms with Crippen molar-refractivity contribution in [3.8, 4) is 57.1 Å². The molecule has 0 radical (unpaired) electrons. The Morgan fingerprint density at radius 3 is 1.87 bits per heavy atom. The number of carboxylic acids is 1. The van der Waals surface area contributed by atoms with Gasteiger partial charge < -0.3 is 143 Å². The fourth-order valence-electron chi connectivity index (χ4n) is 15.3. The number of phenolic OH excluding ortho intramolecular Hbond substituents is 3. The Hall–Kier alpha value is -9.81. The number of amides is 7. The monoisotopic (exact) mass is 1710 g/mol. The number of halogens is 3. The van der Waals surface area contributed by atoms with Crippen LogP contribution in [0.2, 0.25) is 15.1 Å². The minimum Gasteiger partial charge on any atom is -0.508 e. The van der Waals surface area contributed by atoms with Crippen LogP contribution in [0.25, 0.3) is 11.1 Å². The van der Waals surface area contributed by atoms with E-state index in [-0.39, 0.29) is 59.2 Å². The lowest BCUT2D eigenvalue weighted by Gasteiger charge is -2.48. The highest BCUT2D eigenvalue weighted by Gasteiger charge is 2.53. The molecule has 6 aromatic rings. The van der Waals surface area contributed by atoms with Crippen molar-refractivity contribution in [2.45, 2.75) is 207 Å². The Labute approximate surface area is 695 Å². The predicted octanol–water partition coefficient (Wildman–Crippen LogP) is 2.83. The molecule has 7 amide bonds. The highest BCUT2D eigenvalue weighted by atomic mass is 35.5. The topological polar surface area (TPSA) is 561 Å². The van der Waals surface area contributed by atoms with Crippen LogP contribution in [0, 0.1) is 5.92 Å². The maximum Gasteiger partial charge on any atom is 0.330 e. The van der Waals surface area contributed by atoms with E-state index in [4.69, 9.17) is 84.2 Å². The first-order chi connectivity index (χ1) is 56.2. The first-order valence-electron chi connectivity index (χ1n) is 38.0. The van der Waals surface area contributed by atoms with Gasteiger partial charge in [0.05, 0.1) is 53.5 Å². The second-order valence-corrected chi connectivity index (χ2v) is 32.4. The van der Waals surface area contributed by atoms with E-state index in [1.807, 2.05) is 13.8 Å². The van der Waals surface area contributed by atoms with E-state index in [1.165, 1.54) is 51.2 Å². The Kier molecular flexibility index (Phi) is 26.9. The largest absolute Gasteiger partial charge is 0.508 e. The van der Waals surface area contributed by atoms with Crippen LogP contribution in [0.15, 0.2) is 103 Å². The zero-order valence-electron chi connectivity index (χ0n) is 65.0. The second kappa shape index (κ2) is 36.2. The van der Waals surface area contributed by atoms with Gasteiger partial charge in [0.1, 0.15) is 89.5 Å². The maximum atomic E-state index is 16.5. The normalized spacial score (nSPS) is 30.7. The van der Waals surface area contributed by atoms with Gasteiger partial charge in [-0.25, -0.2) is 4.79 Å². The number of hydrogen-bond donors (Lipinski definition) is 20. The molecular formula is C80H93Cl3N10O26. The zero-order chi connectivity index (χ0) is 86.3. The summed E-state index contributed by atoms with van der Waals surface area (Å²) in [7, 11) is 1.47. The van der Waals surface area contributed by atoms with Gasteiger partial charge in [-0.05, 0) is 142 Å². The summed E-state index contributed by atoms with van der Waals surface area (Å²) in [5.74, 6) is -16.1. The molecule has 640 valence electrons. The molecule has 8 aliphatic heterocycles. The highest BCUT2D eigenvalue weighted by Crippen LogP contribution is 2.51. The van der Waals surface area contributed by atoms with Gasteiger partial charge in [0.2, 0.25) is 53.4 Å². The number of phenols is 3. The summed E-state index contributed by atoms with van der Waals surface area (Å²) in [4.78, 5) is 120. The van der Waals surface area contributed by atoms with Crippen LogP contribution < -0.4 is 68.2 Å². The van der Waals surface area contributed by atoms with Crippen molar-refractivity contribution in [1.29, 1.82) is 0 Å². The summed E-state index contributed by atoms with van der Waals surface area (Å²) in [5.41, 5.74) is 7.74. The maximum absolute atomic E-state index is 16.5. The number of aliphatic hydroxyl groups is 6. The van der Waals surface area contributed by atoms with Gasteiger partial charge in [-0.1, -0.05) is 79.0 Å². The van der Waals surface area contributed by atoms with Crippen molar-refractivity contribution >= 4 is 82.1 Å². The lowest BCUT2D eigenvalue weighted by molar-refractivity contribution is -0.334. The third-order valence-corrected chi connectivity index (χ3v) is 22.6. The number of rotatable bonds is 18. The number of aromatic hydroxyl groups is 3. The number of carboxylic acid groups (broad SMARTS) is 1. The van der Waals surface area contributed by atoms with Crippen LogP contribution in [0.3, 0.4) is 0 Å². The Morgan fingerprint density at radius 2 is 1.26 bits per heavy atom. The number of primary amides is 1. The molecule has 0 aliphatic carbocycles. The fraction of sp³-hybridized carbons (Fsp3) is 0.450. The molecule has 0 saturated carbocycles. The SMILES string of the molecule is CN[C@H](CC(C)C)C(=O)N[C@H]1C(=O)N[C@@H](CC(N)=O)C(=O)N[C@H]2C(=O)N[C@H]3C(=O)NC(C(=O)N[C@@H](C(=O)O)c4cc(O)cc(O)c4-c4cc3ccc4O)[C@H](O[C@H]3C[C@](C)(N)[C@@H](O)[C@H](C)O3)c3ccc(c(Cl)c3)Oc3cc2cc(c3O[C@@H]2O[C@H](CO)[C@@H](O)[C@H](O)[C@H]2O[C@@H]2C[C@](C)(NCc3ccc(Cl)cc3)[C@@H](O)[C@H](C)O2)Oc2ccc(cc2Cl)[C@H]1O. The summed E-state index contributed by atoms with van der Waals surface area (Å²) in [5, 5.41) is 137. The number of benzene rings is 6. The molecule has 11 bridgehead atoms. The van der Waals surface area contributed by atoms with Gasteiger partial charge >= 0.3 is 5.97 Å². The van der Waals surface area contributed by atoms with E-state index < -0.39 is 261 Å². The first-order valence-corrected chi connectivity index (χ1v) is 39.1. The number of ether oxygens (including phenoxy) is 8. The molecule has 119 heavy (non-hydrogen) atoms. The van der Waals surface area contributed by atoms with Crippen LogP contribution in [0.1, 0.15) is 131 Å². The fourth-order valence-corrected chi connectivity index (χ4v) is 15.9. The van der Waals surface area contributed by atoms with Crippen molar-refractivity contribution in [3.05, 3.63) is 152 Å². The predicted molar refractivity (Wildman–Crippen MR) is 420 cm³/mol. The number of carbonyl (C=O) groups is 8. The molecule has 22 N–H and O–H groups in total. The van der Waals surface area contributed by atoms with Gasteiger partial charge in [0.25, 0.3) is 0 Å². The number of nitrogens with two attached hydrogens (primary N) is 2. The molecule has 8 heterocycles. The molecule has 22 atom stereocenters. The van der Waals surface area contributed by atoms with E-state index in [9.17, 15) is 65.4 Å². The van der Waals surface area contributed by atoms with E-state index >= 15 is 24.0 Å². The van der Waals surface area contributed by atoms with Crippen molar-refractivity contribution in [3.63, 3.8) is 0 Å². The summed E-state index contributed by atoms with van der Waals surface area (Å²) < 4.78 is 52.6. The number of hydrogen-bond acceptors (Lipinski definition) is 28. The van der Waals surface area contributed by atoms with Crippen LogP contribution in [0.4, 0.5) is 0 Å². The number of nitrogens with one attached hydrogen (secondary N) is 8. The molecule has 0 aromatic heterocycles.